The summed E-state index contributed by atoms with van der Waals surface area (Å²) in [5.74, 6) is 0.444. The van der Waals surface area contributed by atoms with E-state index in [9.17, 15) is 4.79 Å². The van der Waals surface area contributed by atoms with E-state index in [2.05, 4.69) is 16.8 Å². The first-order valence-corrected chi connectivity index (χ1v) is 10.1. The van der Waals surface area contributed by atoms with Gasteiger partial charge in [0.1, 0.15) is 0 Å². The van der Waals surface area contributed by atoms with Crippen molar-refractivity contribution >= 4 is 28.6 Å². The third kappa shape index (κ3) is 3.90. The Morgan fingerprint density at radius 1 is 1.10 bits per heavy atom. The molecule has 0 radical (unpaired) electrons. The van der Waals surface area contributed by atoms with Crippen LogP contribution < -0.4 is 5.73 Å². The number of thioether (sulfide) groups is 1. The molecule has 4 aromatic rings. The van der Waals surface area contributed by atoms with E-state index >= 15 is 0 Å². The van der Waals surface area contributed by atoms with Crippen molar-refractivity contribution in [1.82, 2.24) is 19.7 Å². The molecule has 0 unspecified atom stereocenters. The van der Waals surface area contributed by atoms with Gasteiger partial charge in [0.25, 0.3) is 0 Å². The van der Waals surface area contributed by atoms with Crippen LogP contribution in [0.25, 0.3) is 33.5 Å². The predicted octanol–water partition coefficient (Wildman–Crippen LogP) is 3.92. The standard InChI is InChI=1S/C22H19N5OS/c1-2-12-27-21(25-26-22(27)29-14-20(23)28)17-13-19(15-8-4-3-5-9-15)24-18-11-7-6-10-16(17)18/h2-11,13H,1,12,14H2,(H2,23,28). The van der Waals surface area contributed by atoms with Gasteiger partial charge in [-0.25, -0.2) is 4.98 Å². The molecule has 1 amide bonds. The van der Waals surface area contributed by atoms with Crippen molar-refractivity contribution in [2.45, 2.75) is 11.7 Å². The fourth-order valence-electron chi connectivity index (χ4n) is 3.14. The molecule has 0 aliphatic carbocycles. The van der Waals surface area contributed by atoms with Crippen LogP contribution in [0.3, 0.4) is 0 Å². The lowest BCUT2D eigenvalue weighted by Gasteiger charge is -2.11. The second-order valence-corrected chi connectivity index (χ2v) is 7.34. The van der Waals surface area contributed by atoms with E-state index in [1.54, 1.807) is 6.08 Å². The number of primary amides is 1. The first kappa shape index (κ1) is 18.9. The summed E-state index contributed by atoms with van der Waals surface area (Å²) >= 11 is 1.27. The van der Waals surface area contributed by atoms with Crippen LogP contribution in [0.1, 0.15) is 0 Å². The molecular formula is C22H19N5OS. The minimum Gasteiger partial charge on any atom is -0.369 e. The second kappa shape index (κ2) is 8.28. The van der Waals surface area contributed by atoms with Crippen LogP contribution >= 0.6 is 11.8 Å². The second-order valence-electron chi connectivity index (χ2n) is 6.40. The summed E-state index contributed by atoms with van der Waals surface area (Å²) in [4.78, 5) is 16.0. The SMILES string of the molecule is C=CCn1c(SCC(N)=O)nnc1-c1cc(-c2ccccc2)nc2ccccc12. The molecule has 0 spiro atoms. The Bertz CT molecular complexity index is 1190. The van der Waals surface area contributed by atoms with Gasteiger partial charge in [-0.15, -0.1) is 16.8 Å². The summed E-state index contributed by atoms with van der Waals surface area (Å²) in [6.07, 6.45) is 1.78. The van der Waals surface area contributed by atoms with Gasteiger partial charge >= 0.3 is 0 Å². The van der Waals surface area contributed by atoms with Crippen LogP contribution in [0.15, 0.2) is 78.5 Å². The molecule has 2 aromatic carbocycles. The van der Waals surface area contributed by atoms with Gasteiger partial charge in [-0.05, 0) is 12.1 Å². The number of fused-ring (bicyclic) bond motifs is 1. The molecule has 2 N–H and O–H groups in total. The van der Waals surface area contributed by atoms with E-state index in [1.807, 2.05) is 65.2 Å². The number of hydrogen-bond donors (Lipinski definition) is 1. The number of rotatable bonds is 7. The van der Waals surface area contributed by atoms with Crippen LogP contribution in [0, 0.1) is 0 Å². The highest BCUT2D eigenvalue weighted by molar-refractivity contribution is 7.99. The van der Waals surface area contributed by atoms with E-state index in [0.29, 0.717) is 17.5 Å². The van der Waals surface area contributed by atoms with Gasteiger partial charge in [0.15, 0.2) is 11.0 Å². The first-order valence-electron chi connectivity index (χ1n) is 9.08. The molecule has 0 aliphatic heterocycles. The third-order valence-electron chi connectivity index (χ3n) is 4.40. The number of carbonyl (C=O) groups is 1. The Balaban J connectivity index is 1.91. The van der Waals surface area contributed by atoms with Gasteiger partial charge in [0, 0.05) is 23.1 Å². The molecule has 0 aliphatic rings. The molecule has 0 bridgehead atoms. The van der Waals surface area contributed by atoms with Crippen LogP contribution in [-0.2, 0) is 11.3 Å². The number of nitrogens with two attached hydrogens (primary N) is 1. The summed E-state index contributed by atoms with van der Waals surface area (Å²) in [7, 11) is 0. The lowest BCUT2D eigenvalue weighted by atomic mass is 10.0. The van der Waals surface area contributed by atoms with Crippen LogP contribution in [-0.4, -0.2) is 31.4 Å². The number of carbonyl (C=O) groups excluding carboxylic acids is 1. The third-order valence-corrected chi connectivity index (χ3v) is 5.39. The number of allylic oxidation sites excluding steroid dienone is 1. The van der Waals surface area contributed by atoms with Gasteiger partial charge in [-0.1, -0.05) is 66.4 Å². The summed E-state index contributed by atoms with van der Waals surface area (Å²) in [6, 6.07) is 20.0. The number of pyridine rings is 1. The molecule has 6 nitrogen and oxygen atoms in total. The van der Waals surface area contributed by atoms with E-state index < -0.39 is 5.91 Å². The zero-order valence-electron chi connectivity index (χ0n) is 15.7. The highest BCUT2D eigenvalue weighted by Gasteiger charge is 2.18. The van der Waals surface area contributed by atoms with Crippen LogP contribution in [0.2, 0.25) is 0 Å². The quantitative estimate of drug-likeness (QED) is 0.375. The molecule has 0 atom stereocenters. The fraction of sp³-hybridized carbons (Fsp3) is 0.0909. The van der Waals surface area contributed by atoms with Crippen molar-refractivity contribution in [3.8, 4) is 22.6 Å². The summed E-state index contributed by atoms with van der Waals surface area (Å²) in [6.45, 7) is 4.36. The van der Waals surface area contributed by atoms with E-state index in [4.69, 9.17) is 10.7 Å². The van der Waals surface area contributed by atoms with Gasteiger partial charge in [-0.2, -0.15) is 0 Å². The maximum absolute atomic E-state index is 11.2. The smallest absolute Gasteiger partial charge is 0.227 e. The Kier molecular flexibility index (Phi) is 5.39. The Morgan fingerprint density at radius 2 is 1.86 bits per heavy atom. The lowest BCUT2D eigenvalue weighted by Crippen LogP contribution is -2.14. The fourth-order valence-corrected chi connectivity index (χ4v) is 3.83. The van der Waals surface area contributed by atoms with Gasteiger partial charge in [0.2, 0.25) is 5.91 Å². The number of para-hydroxylation sites is 1. The van der Waals surface area contributed by atoms with Crippen molar-refractivity contribution in [2.75, 3.05) is 5.75 Å². The van der Waals surface area contributed by atoms with Crippen molar-refractivity contribution in [2.24, 2.45) is 5.73 Å². The highest BCUT2D eigenvalue weighted by Crippen LogP contribution is 2.32. The Hall–Kier alpha value is -3.45. The minimum atomic E-state index is -0.398. The molecule has 2 aromatic heterocycles. The number of amides is 1. The topological polar surface area (TPSA) is 86.7 Å². The molecule has 7 heteroatoms. The number of aromatic nitrogens is 4. The average Bonchev–Trinajstić information content (AvgIpc) is 3.15. The van der Waals surface area contributed by atoms with Crippen molar-refractivity contribution in [1.29, 1.82) is 0 Å². The van der Waals surface area contributed by atoms with Gasteiger partial charge in [-0.3, -0.25) is 9.36 Å². The van der Waals surface area contributed by atoms with E-state index in [0.717, 1.165) is 27.7 Å². The van der Waals surface area contributed by atoms with Gasteiger partial charge in [0.05, 0.1) is 17.0 Å². The largest absolute Gasteiger partial charge is 0.369 e. The van der Waals surface area contributed by atoms with Crippen LogP contribution in [0.5, 0.6) is 0 Å². The summed E-state index contributed by atoms with van der Waals surface area (Å²) in [5.41, 5.74) is 8.98. The average molecular weight is 401 g/mol. The molecule has 29 heavy (non-hydrogen) atoms. The van der Waals surface area contributed by atoms with E-state index in [1.165, 1.54) is 11.8 Å². The number of benzene rings is 2. The van der Waals surface area contributed by atoms with Gasteiger partial charge < -0.3 is 5.73 Å². The maximum Gasteiger partial charge on any atom is 0.227 e. The summed E-state index contributed by atoms with van der Waals surface area (Å²) < 4.78 is 1.94. The maximum atomic E-state index is 11.2. The number of hydrogen-bond acceptors (Lipinski definition) is 5. The predicted molar refractivity (Wildman–Crippen MR) is 116 cm³/mol. The molecule has 0 saturated heterocycles. The molecule has 144 valence electrons. The molecule has 4 rings (SSSR count). The zero-order valence-corrected chi connectivity index (χ0v) is 16.5. The molecular weight excluding hydrogens is 382 g/mol. The van der Waals surface area contributed by atoms with E-state index in [-0.39, 0.29) is 5.75 Å². The molecule has 0 saturated carbocycles. The molecule has 0 fully saturated rings. The number of nitrogens with zero attached hydrogens (tertiary/aromatic N) is 4. The monoisotopic (exact) mass is 401 g/mol. The van der Waals surface area contributed by atoms with Crippen LogP contribution in [0.4, 0.5) is 0 Å². The highest BCUT2D eigenvalue weighted by atomic mass is 32.2. The first-order chi connectivity index (χ1) is 14.2. The lowest BCUT2D eigenvalue weighted by molar-refractivity contribution is -0.115. The van der Waals surface area contributed by atoms with Crippen molar-refractivity contribution in [3.63, 3.8) is 0 Å². The normalized spacial score (nSPS) is 10.9. The Labute approximate surface area is 172 Å². The van der Waals surface area contributed by atoms with Crippen molar-refractivity contribution in [3.05, 3.63) is 73.3 Å². The Morgan fingerprint density at radius 3 is 2.62 bits per heavy atom. The minimum absolute atomic E-state index is 0.141. The molecule has 2 heterocycles. The summed E-state index contributed by atoms with van der Waals surface area (Å²) in [5, 5.41) is 10.3. The van der Waals surface area contributed by atoms with Crippen molar-refractivity contribution < 1.29 is 4.79 Å². The zero-order chi connectivity index (χ0) is 20.2.